The van der Waals surface area contributed by atoms with Gasteiger partial charge in [0.05, 0.1) is 10.5 Å². The Morgan fingerprint density at radius 2 is 1.58 bits per heavy atom. The Bertz CT molecular complexity index is 683. The number of methoxy groups -OCH3 is 1. The molecule has 4 bridgehead atoms. The third-order valence-electron chi connectivity index (χ3n) is 6.77. The first kappa shape index (κ1) is 16.6. The number of sulfonamides is 1. The summed E-state index contributed by atoms with van der Waals surface area (Å²) < 4.78 is 34.2. The lowest BCUT2D eigenvalue weighted by Gasteiger charge is -2.60. The van der Waals surface area contributed by atoms with Crippen LogP contribution in [0.3, 0.4) is 0 Å². The predicted octanol–water partition coefficient (Wildman–Crippen LogP) is 3.11. The molecule has 4 nitrogen and oxygen atoms in total. The van der Waals surface area contributed by atoms with Crippen molar-refractivity contribution < 1.29 is 13.2 Å². The molecule has 0 spiro atoms. The van der Waals surface area contributed by atoms with Crippen molar-refractivity contribution in [2.24, 2.45) is 23.7 Å². The van der Waals surface area contributed by atoms with Gasteiger partial charge in [0.25, 0.3) is 0 Å². The topological polar surface area (TPSA) is 55.4 Å². The average Bonchev–Trinajstić information content (AvgIpc) is 2.55. The number of benzene rings is 1. The molecular weight excluding hydrogens is 322 g/mol. The van der Waals surface area contributed by atoms with Gasteiger partial charge < -0.3 is 4.74 Å². The van der Waals surface area contributed by atoms with Crippen LogP contribution >= 0.6 is 0 Å². The summed E-state index contributed by atoms with van der Waals surface area (Å²) in [6, 6.07) is 7.02. The molecule has 0 heterocycles. The highest BCUT2D eigenvalue weighted by Gasteiger charge is 2.57. The van der Waals surface area contributed by atoms with E-state index in [4.69, 9.17) is 4.74 Å². The summed E-state index contributed by atoms with van der Waals surface area (Å²) in [5.74, 6) is 2.67. The van der Waals surface area contributed by atoms with E-state index in [9.17, 15) is 8.42 Å². The molecule has 1 aromatic rings. The van der Waals surface area contributed by atoms with Gasteiger partial charge in [0.15, 0.2) is 0 Å². The van der Waals surface area contributed by atoms with Gasteiger partial charge in [0.1, 0.15) is 0 Å². The largest absolute Gasteiger partial charge is 0.376 e. The van der Waals surface area contributed by atoms with Crippen LogP contribution in [-0.2, 0) is 14.8 Å². The van der Waals surface area contributed by atoms with Crippen molar-refractivity contribution in [3.05, 3.63) is 29.8 Å². The molecule has 5 rings (SSSR count). The standard InChI is InChI=1S/C19H27NO3S/c1-13-3-5-18(6-4-13)24(21,22)20-12-19(23-2)16-8-14-7-15(10-16)11-17(19)9-14/h3-6,14-17,20H,7-12H2,1-2H3. The molecule has 0 saturated heterocycles. The monoisotopic (exact) mass is 349 g/mol. The molecule has 132 valence electrons. The van der Waals surface area contributed by atoms with Gasteiger partial charge in [-0.3, -0.25) is 0 Å². The summed E-state index contributed by atoms with van der Waals surface area (Å²) in [5, 5.41) is 0. The minimum Gasteiger partial charge on any atom is -0.376 e. The molecule has 0 radical (unpaired) electrons. The van der Waals surface area contributed by atoms with Crippen molar-refractivity contribution in [2.45, 2.75) is 49.5 Å². The molecule has 4 fully saturated rings. The Morgan fingerprint density at radius 1 is 1.04 bits per heavy atom. The maximum absolute atomic E-state index is 12.7. The fourth-order valence-electron chi connectivity index (χ4n) is 5.68. The maximum Gasteiger partial charge on any atom is 0.240 e. The molecule has 0 amide bonds. The first-order valence-corrected chi connectivity index (χ1v) is 10.5. The first-order chi connectivity index (χ1) is 11.4. The molecule has 24 heavy (non-hydrogen) atoms. The van der Waals surface area contributed by atoms with Gasteiger partial charge in [-0.15, -0.1) is 0 Å². The second-order valence-corrected chi connectivity index (χ2v) is 9.87. The zero-order chi connectivity index (χ0) is 16.9. The van der Waals surface area contributed by atoms with Crippen molar-refractivity contribution in [3.63, 3.8) is 0 Å². The van der Waals surface area contributed by atoms with Crippen LogP contribution in [0.25, 0.3) is 0 Å². The molecule has 4 saturated carbocycles. The average molecular weight is 349 g/mol. The van der Waals surface area contributed by atoms with Crippen LogP contribution in [0.4, 0.5) is 0 Å². The third kappa shape index (κ3) is 2.61. The molecule has 4 aliphatic carbocycles. The van der Waals surface area contributed by atoms with Crippen LogP contribution in [0.1, 0.15) is 37.7 Å². The van der Waals surface area contributed by atoms with Crippen molar-refractivity contribution in [3.8, 4) is 0 Å². The van der Waals surface area contributed by atoms with E-state index >= 15 is 0 Å². The minimum absolute atomic E-state index is 0.314. The van der Waals surface area contributed by atoms with Crippen LogP contribution in [0.5, 0.6) is 0 Å². The molecule has 0 unspecified atom stereocenters. The molecule has 5 heteroatoms. The number of hydrogen-bond donors (Lipinski definition) is 1. The van der Waals surface area contributed by atoms with Gasteiger partial charge in [0, 0.05) is 13.7 Å². The minimum atomic E-state index is -3.49. The lowest BCUT2D eigenvalue weighted by Crippen LogP contribution is -2.63. The highest BCUT2D eigenvalue weighted by Crippen LogP contribution is 2.59. The fraction of sp³-hybridized carbons (Fsp3) is 0.684. The summed E-state index contributed by atoms with van der Waals surface area (Å²) in [4.78, 5) is 0.336. The van der Waals surface area contributed by atoms with E-state index in [0.29, 0.717) is 23.3 Å². The normalized spacial score (nSPS) is 37.8. The molecular formula is C19H27NO3S. The van der Waals surface area contributed by atoms with Crippen molar-refractivity contribution >= 4 is 10.0 Å². The summed E-state index contributed by atoms with van der Waals surface area (Å²) >= 11 is 0. The molecule has 0 aliphatic heterocycles. The molecule has 0 aromatic heterocycles. The summed E-state index contributed by atoms with van der Waals surface area (Å²) in [6.45, 7) is 2.35. The maximum atomic E-state index is 12.7. The summed E-state index contributed by atoms with van der Waals surface area (Å²) in [7, 11) is -1.72. The molecule has 1 N–H and O–H groups in total. The van der Waals surface area contributed by atoms with E-state index in [0.717, 1.165) is 17.4 Å². The Balaban J connectivity index is 1.54. The Kier molecular flexibility index (Phi) is 4.01. The number of nitrogens with one attached hydrogen (secondary N) is 1. The van der Waals surface area contributed by atoms with Crippen LogP contribution in [-0.4, -0.2) is 27.7 Å². The van der Waals surface area contributed by atoms with Crippen LogP contribution in [0.15, 0.2) is 29.2 Å². The number of hydrogen-bond acceptors (Lipinski definition) is 3. The Labute approximate surface area is 145 Å². The van der Waals surface area contributed by atoms with Gasteiger partial charge in [-0.05, 0) is 74.8 Å². The van der Waals surface area contributed by atoms with E-state index in [-0.39, 0.29) is 5.60 Å². The fourth-order valence-corrected chi connectivity index (χ4v) is 6.76. The summed E-state index contributed by atoms with van der Waals surface area (Å²) in [6.07, 6.45) is 6.18. The highest BCUT2D eigenvalue weighted by molar-refractivity contribution is 7.89. The first-order valence-electron chi connectivity index (χ1n) is 9.04. The highest BCUT2D eigenvalue weighted by atomic mass is 32.2. The lowest BCUT2D eigenvalue weighted by atomic mass is 9.50. The van der Waals surface area contributed by atoms with Crippen LogP contribution in [0, 0.1) is 30.6 Å². The van der Waals surface area contributed by atoms with Gasteiger partial charge in [-0.2, -0.15) is 0 Å². The zero-order valence-corrected chi connectivity index (χ0v) is 15.3. The van der Waals surface area contributed by atoms with Gasteiger partial charge in [-0.25, -0.2) is 13.1 Å². The van der Waals surface area contributed by atoms with Crippen LogP contribution < -0.4 is 4.72 Å². The Morgan fingerprint density at radius 3 is 2.08 bits per heavy atom. The van der Waals surface area contributed by atoms with E-state index in [1.54, 1.807) is 19.2 Å². The van der Waals surface area contributed by atoms with Gasteiger partial charge >= 0.3 is 0 Å². The van der Waals surface area contributed by atoms with E-state index in [2.05, 4.69) is 4.72 Å². The van der Waals surface area contributed by atoms with Gasteiger partial charge in [-0.1, -0.05) is 17.7 Å². The van der Waals surface area contributed by atoms with E-state index in [1.165, 1.54) is 32.1 Å². The summed E-state index contributed by atoms with van der Waals surface area (Å²) in [5.41, 5.74) is 0.744. The molecule has 4 aliphatic rings. The van der Waals surface area contributed by atoms with E-state index in [1.807, 2.05) is 19.1 Å². The molecule has 1 aromatic carbocycles. The molecule has 0 atom stereocenters. The number of aryl methyl sites for hydroxylation is 1. The second kappa shape index (κ2) is 5.82. The lowest BCUT2D eigenvalue weighted by molar-refractivity contribution is -0.185. The van der Waals surface area contributed by atoms with Crippen molar-refractivity contribution in [1.29, 1.82) is 0 Å². The van der Waals surface area contributed by atoms with Crippen molar-refractivity contribution in [1.82, 2.24) is 4.72 Å². The van der Waals surface area contributed by atoms with Crippen molar-refractivity contribution in [2.75, 3.05) is 13.7 Å². The van der Waals surface area contributed by atoms with E-state index < -0.39 is 10.0 Å². The Hall–Kier alpha value is -0.910. The predicted molar refractivity (Wildman–Crippen MR) is 93.2 cm³/mol. The smallest absolute Gasteiger partial charge is 0.240 e. The number of rotatable bonds is 5. The zero-order valence-electron chi connectivity index (χ0n) is 14.5. The quantitative estimate of drug-likeness (QED) is 0.889. The van der Waals surface area contributed by atoms with Crippen LogP contribution in [0.2, 0.25) is 0 Å². The SMILES string of the molecule is COC1(CNS(=O)(=O)c2ccc(C)cc2)C2CC3CC(C2)CC1C3. The number of ether oxygens (including phenoxy) is 1. The third-order valence-corrected chi connectivity index (χ3v) is 8.19. The second-order valence-electron chi connectivity index (χ2n) is 8.10. The van der Waals surface area contributed by atoms with Gasteiger partial charge in [0.2, 0.25) is 10.0 Å².